The smallest absolute Gasteiger partial charge is 0.0657 e. The Morgan fingerprint density at radius 2 is 1.90 bits per heavy atom. The topological polar surface area (TPSA) is 29.5 Å². The van der Waals surface area contributed by atoms with E-state index >= 15 is 0 Å². The normalized spacial score (nSPS) is 47.7. The zero-order valence-electron chi connectivity index (χ0n) is 19.8. The summed E-state index contributed by atoms with van der Waals surface area (Å²) >= 11 is 0. The third kappa shape index (κ3) is 3.75. The van der Waals surface area contributed by atoms with Crippen LogP contribution >= 0.6 is 0 Å². The van der Waals surface area contributed by atoms with Crippen LogP contribution in [0.4, 0.5) is 0 Å². The summed E-state index contributed by atoms with van der Waals surface area (Å²) < 4.78 is 5.62. The van der Waals surface area contributed by atoms with Gasteiger partial charge in [0, 0.05) is 7.11 Å². The Labute approximate surface area is 179 Å². The Bertz CT molecular complexity index is 618. The molecular formula is C27H46O2. The van der Waals surface area contributed by atoms with Crippen molar-refractivity contribution in [2.45, 2.75) is 116 Å². The molecule has 0 heterocycles. The van der Waals surface area contributed by atoms with Crippen molar-refractivity contribution in [1.29, 1.82) is 0 Å². The van der Waals surface area contributed by atoms with E-state index in [1.54, 1.807) is 5.57 Å². The maximum atomic E-state index is 10.7. The zero-order valence-corrected chi connectivity index (χ0v) is 19.8. The lowest BCUT2D eigenvalue weighted by molar-refractivity contribution is -0.0663. The first kappa shape index (κ1) is 21.9. The number of methoxy groups -OCH3 is 1. The molecule has 8 atom stereocenters. The lowest BCUT2D eigenvalue weighted by Gasteiger charge is -2.59. The van der Waals surface area contributed by atoms with Crippen molar-refractivity contribution < 1.29 is 9.84 Å². The van der Waals surface area contributed by atoms with Crippen LogP contribution in [0, 0.1) is 34.5 Å². The minimum atomic E-state index is -0.474. The van der Waals surface area contributed by atoms with Gasteiger partial charge >= 0.3 is 0 Å². The summed E-state index contributed by atoms with van der Waals surface area (Å²) in [4.78, 5) is 0. The molecule has 0 aromatic heterocycles. The quantitative estimate of drug-likeness (QED) is 0.489. The van der Waals surface area contributed by atoms with Gasteiger partial charge in [-0.05, 0) is 112 Å². The monoisotopic (exact) mass is 402 g/mol. The summed E-state index contributed by atoms with van der Waals surface area (Å²) in [6.45, 7) is 9.51. The average molecular weight is 403 g/mol. The Morgan fingerprint density at radius 1 is 1.10 bits per heavy atom. The highest BCUT2D eigenvalue weighted by atomic mass is 16.5. The van der Waals surface area contributed by atoms with Gasteiger partial charge in [0.2, 0.25) is 0 Å². The minimum Gasteiger partial charge on any atom is -0.390 e. The molecule has 0 aromatic carbocycles. The Morgan fingerprint density at radius 3 is 2.62 bits per heavy atom. The number of aliphatic hydroxyl groups is 1. The molecule has 0 saturated heterocycles. The fourth-order valence-corrected chi connectivity index (χ4v) is 8.47. The van der Waals surface area contributed by atoms with Gasteiger partial charge in [-0.1, -0.05) is 38.8 Å². The van der Waals surface area contributed by atoms with Crippen LogP contribution in [0.1, 0.15) is 105 Å². The molecular weight excluding hydrogens is 356 g/mol. The van der Waals surface area contributed by atoms with E-state index in [9.17, 15) is 5.11 Å². The van der Waals surface area contributed by atoms with E-state index in [1.165, 1.54) is 57.8 Å². The van der Waals surface area contributed by atoms with Crippen LogP contribution in [0.2, 0.25) is 0 Å². The molecule has 4 aliphatic carbocycles. The summed E-state index contributed by atoms with van der Waals surface area (Å²) in [6.07, 6.45) is 18.3. The Balaban J connectivity index is 1.46. The van der Waals surface area contributed by atoms with Gasteiger partial charge in [0.05, 0.1) is 11.7 Å². The lowest BCUT2D eigenvalue weighted by atomic mass is 9.46. The molecule has 0 spiro atoms. The van der Waals surface area contributed by atoms with Crippen molar-refractivity contribution in [1.82, 2.24) is 0 Å². The fourth-order valence-electron chi connectivity index (χ4n) is 8.47. The highest BCUT2D eigenvalue weighted by Gasteiger charge is 2.58. The van der Waals surface area contributed by atoms with Gasteiger partial charge in [-0.25, -0.2) is 0 Å². The van der Waals surface area contributed by atoms with Gasteiger partial charge in [0.15, 0.2) is 0 Å². The zero-order chi connectivity index (χ0) is 20.9. The molecule has 3 fully saturated rings. The standard InChI is InChI=1S/C27H46O2/c1-6-21(29-5)9-7-8-19-11-13-23-22-12-10-20-18-25(2,28)16-17-27(20,4)24(22)14-15-26(19,23)3/h10,19,21-24,28H,6-9,11-18H2,1-5H3/t19?,21?,22?,23?,24?,25-,26?,27?/m0/s1. The number of rotatable bonds is 6. The third-order valence-corrected chi connectivity index (χ3v) is 10.4. The first-order valence-electron chi connectivity index (χ1n) is 12.7. The number of hydrogen-bond donors (Lipinski definition) is 1. The maximum absolute atomic E-state index is 10.7. The van der Waals surface area contributed by atoms with E-state index in [0.717, 1.165) is 42.9 Å². The van der Waals surface area contributed by atoms with E-state index in [0.29, 0.717) is 16.9 Å². The van der Waals surface area contributed by atoms with Gasteiger partial charge in [0.25, 0.3) is 0 Å². The highest BCUT2D eigenvalue weighted by molar-refractivity contribution is 5.26. The molecule has 4 rings (SSSR count). The molecule has 0 aliphatic heterocycles. The molecule has 3 saturated carbocycles. The van der Waals surface area contributed by atoms with Crippen LogP contribution in [-0.4, -0.2) is 23.9 Å². The molecule has 2 nitrogen and oxygen atoms in total. The van der Waals surface area contributed by atoms with Crippen molar-refractivity contribution in [3.63, 3.8) is 0 Å². The fraction of sp³-hybridized carbons (Fsp3) is 0.926. The van der Waals surface area contributed by atoms with Gasteiger partial charge in [-0.15, -0.1) is 0 Å². The number of fused-ring (bicyclic) bond motifs is 5. The van der Waals surface area contributed by atoms with Gasteiger partial charge in [-0.3, -0.25) is 0 Å². The highest BCUT2D eigenvalue weighted by Crippen LogP contribution is 2.67. The van der Waals surface area contributed by atoms with Gasteiger partial charge in [-0.2, -0.15) is 0 Å². The van der Waals surface area contributed by atoms with Crippen LogP contribution in [0.3, 0.4) is 0 Å². The SMILES string of the molecule is CCC(CCCC1CCC2C3CC=C4C[C@@](C)(O)CCC4(C)C3CCC12C)OC. The largest absolute Gasteiger partial charge is 0.390 e. The summed E-state index contributed by atoms with van der Waals surface area (Å²) in [7, 11) is 1.87. The molecule has 0 radical (unpaired) electrons. The van der Waals surface area contributed by atoms with E-state index in [1.807, 2.05) is 14.0 Å². The van der Waals surface area contributed by atoms with Crippen molar-refractivity contribution in [2.24, 2.45) is 34.5 Å². The average Bonchev–Trinajstić information content (AvgIpc) is 3.02. The third-order valence-electron chi connectivity index (χ3n) is 10.4. The summed E-state index contributed by atoms with van der Waals surface area (Å²) in [5.41, 5.74) is 2.05. The summed E-state index contributed by atoms with van der Waals surface area (Å²) in [5.74, 6) is 3.59. The molecule has 2 heteroatoms. The van der Waals surface area contributed by atoms with E-state index in [2.05, 4.69) is 26.8 Å². The minimum absolute atomic E-state index is 0.359. The molecule has 0 amide bonds. The first-order valence-corrected chi connectivity index (χ1v) is 12.7. The molecule has 0 aromatic rings. The van der Waals surface area contributed by atoms with Crippen LogP contribution in [0.5, 0.6) is 0 Å². The number of ether oxygens (including phenoxy) is 1. The molecule has 4 aliphatic rings. The predicted molar refractivity (Wildman–Crippen MR) is 121 cm³/mol. The number of hydrogen-bond acceptors (Lipinski definition) is 2. The Kier molecular flexibility index (Phi) is 6.01. The summed E-state index contributed by atoms with van der Waals surface area (Å²) in [6, 6.07) is 0. The predicted octanol–water partition coefficient (Wildman–Crippen LogP) is 6.91. The van der Waals surface area contributed by atoms with Crippen molar-refractivity contribution >= 4 is 0 Å². The van der Waals surface area contributed by atoms with Crippen LogP contribution < -0.4 is 0 Å². The van der Waals surface area contributed by atoms with Gasteiger partial charge < -0.3 is 9.84 Å². The molecule has 0 bridgehead atoms. The van der Waals surface area contributed by atoms with Gasteiger partial charge in [0.1, 0.15) is 0 Å². The summed E-state index contributed by atoms with van der Waals surface area (Å²) in [5, 5.41) is 10.7. The first-order chi connectivity index (χ1) is 13.7. The lowest BCUT2D eigenvalue weighted by Crippen LogP contribution is -2.51. The number of allylic oxidation sites excluding steroid dienone is 1. The van der Waals surface area contributed by atoms with E-state index in [4.69, 9.17) is 4.74 Å². The van der Waals surface area contributed by atoms with Crippen LogP contribution in [0.25, 0.3) is 0 Å². The van der Waals surface area contributed by atoms with Crippen molar-refractivity contribution in [2.75, 3.05) is 7.11 Å². The molecule has 29 heavy (non-hydrogen) atoms. The maximum Gasteiger partial charge on any atom is 0.0657 e. The second-order valence-corrected chi connectivity index (χ2v) is 11.9. The van der Waals surface area contributed by atoms with E-state index < -0.39 is 5.60 Å². The Hall–Kier alpha value is -0.340. The van der Waals surface area contributed by atoms with Crippen LogP contribution in [0.15, 0.2) is 11.6 Å². The van der Waals surface area contributed by atoms with Crippen LogP contribution in [-0.2, 0) is 4.74 Å². The van der Waals surface area contributed by atoms with Crippen molar-refractivity contribution in [3.8, 4) is 0 Å². The molecule has 166 valence electrons. The van der Waals surface area contributed by atoms with Crippen molar-refractivity contribution in [3.05, 3.63) is 11.6 Å². The molecule has 7 unspecified atom stereocenters. The molecule has 1 N–H and O–H groups in total. The van der Waals surface area contributed by atoms with E-state index in [-0.39, 0.29) is 0 Å². The second-order valence-electron chi connectivity index (χ2n) is 11.9. The second kappa shape index (κ2) is 7.97.